The minimum atomic E-state index is 0.398. The van der Waals surface area contributed by atoms with E-state index < -0.39 is 0 Å². The molecule has 1 aliphatic carbocycles. The molecule has 4 N–H and O–H groups in total. The number of thioether (sulfide) groups is 1. The number of nitrogens with zero attached hydrogens (tertiary/aromatic N) is 2. The van der Waals surface area contributed by atoms with Crippen LogP contribution in [0.4, 0.5) is 11.8 Å². The molecule has 2 rings (SSSR count). The smallest absolute Gasteiger partial charge is 0.239 e. The van der Waals surface area contributed by atoms with Gasteiger partial charge in [-0.05, 0) is 26.0 Å². The number of nitrogen functional groups attached to an aromatic ring is 1. The summed E-state index contributed by atoms with van der Waals surface area (Å²) in [6, 6.07) is 1.94. The molecule has 0 amide bonds. The van der Waals surface area contributed by atoms with Gasteiger partial charge in [-0.3, -0.25) is 5.43 Å². The van der Waals surface area contributed by atoms with E-state index in [2.05, 4.69) is 27.0 Å². The monoisotopic (exact) mass is 253 g/mol. The van der Waals surface area contributed by atoms with Crippen LogP contribution in [0.2, 0.25) is 0 Å². The number of hydrogen-bond donors (Lipinski definition) is 3. The van der Waals surface area contributed by atoms with Crippen molar-refractivity contribution < 1.29 is 0 Å². The maximum Gasteiger partial charge on any atom is 0.239 e. The number of aryl methyl sites for hydroxylation is 1. The van der Waals surface area contributed by atoms with Crippen molar-refractivity contribution in [2.45, 2.75) is 30.9 Å². The largest absolute Gasteiger partial charge is 0.369 e. The van der Waals surface area contributed by atoms with Crippen molar-refractivity contribution >= 4 is 23.5 Å². The first-order valence-electron chi connectivity index (χ1n) is 5.79. The first-order valence-corrected chi connectivity index (χ1v) is 7.01. The maximum atomic E-state index is 5.33. The Morgan fingerprint density at radius 1 is 1.47 bits per heavy atom. The molecule has 1 aromatic heterocycles. The average Bonchev–Trinajstić information content (AvgIpc) is 2.27. The molecular weight excluding hydrogens is 234 g/mol. The van der Waals surface area contributed by atoms with E-state index in [0.717, 1.165) is 18.1 Å². The Labute approximate surface area is 106 Å². The average molecular weight is 253 g/mol. The fourth-order valence-corrected chi connectivity index (χ4v) is 2.91. The van der Waals surface area contributed by atoms with Crippen molar-refractivity contribution in [3.63, 3.8) is 0 Å². The molecule has 1 aromatic rings. The Morgan fingerprint density at radius 2 is 2.24 bits per heavy atom. The summed E-state index contributed by atoms with van der Waals surface area (Å²) in [5, 5.41) is 3.39. The van der Waals surface area contributed by atoms with Gasteiger partial charge in [0.25, 0.3) is 0 Å². The Morgan fingerprint density at radius 3 is 2.76 bits per heavy atom. The van der Waals surface area contributed by atoms with Crippen molar-refractivity contribution in [3.05, 3.63) is 11.8 Å². The second-order valence-corrected chi connectivity index (χ2v) is 5.73. The number of aromatic nitrogens is 2. The number of hydrazine groups is 1. The third-order valence-corrected chi connectivity index (χ3v) is 4.69. The van der Waals surface area contributed by atoms with Crippen LogP contribution in [0.1, 0.15) is 25.0 Å². The number of nitrogens with one attached hydrogen (secondary N) is 2. The van der Waals surface area contributed by atoms with Gasteiger partial charge in [-0.2, -0.15) is 16.7 Å². The number of anilines is 2. The fourth-order valence-electron chi connectivity index (χ4n) is 2.00. The van der Waals surface area contributed by atoms with Gasteiger partial charge in [-0.1, -0.05) is 6.42 Å². The van der Waals surface area contributed by atoms with Crippen molar-refractivity contribution in [1.29, 1.82) is 0 Å². The minimum Gasteiger partial charge on any atom is -0.369 e. The van der Waals surface area contributed by atoms with Gasteiger partial charge >= 0.3 is 0 Å². The molecule has 17 heavy (non-hydrogen) atoms. The Hall–Kier alpha value is -1.01. The predicted molar refractivity (Wildman–Crippen MR) is 73.2 cm³/mol. The Balaban J connectivity index is 2.01. The Bertz CT molecular complexity index is 386. The lowest BCUT2D eigenvalue weighted by atomic mass is 9.84. The normalized spacial score (nSPS) is 17.4. The van der Waals surface area contributed by atoms with Crippen LogP contribution in [0.5, 0.6) is 0 Å². The topological polar surface area (TPSA) is 75.9 Å². The van der Waals surface area contributed by atoms with Crippen LogP contribution in [0, 0.1) is 6.92 Å². The summed E-state index contributed by atoms with van der Waals surface area (Å²) in [6.45, 7) is 2.88. The zero-order chi connectivity index (χ0) is 12.3. The van der Waals surface area contributed by atoms with Gasteiger partial charge in [0.05, 0.1) is 0 Å². The summed E-state index contributed by atoms with van der Waals surface area (Å²) in [7, 11) is 0. The van der Waals surface area contributed by atoms with Gasteiger partial charge < -0.3 is 5.32 Å². The van der Waals surface area contributed by atoms with E-state index in [4.69, 9.17) is 5.84 Å². The summed E-state index contributed by atoms with van der Waals surface area (Å²) >= 11 is 1.95. The lowest BCUT2D eigenvalue weighted by Gasteiger charge is -2.40. The highest BCUT2D eigenvalue weighted by molar-refractivity contribution is 8.00. The van der Waals surface area contributed by atoms with Crippen LogP contribution in [0.25, 0.3) is 0 Å². The Kier molecular flexibility index (Phi) is 3.73. The molecular formula is C11H19N5S. The highest BCUT2D eigenvalue weighted by Crippen LogP contribution is 2.42. The summed E-state index contributed by atoms with van der Waals surface area (Å²) in [5.74, 6) is 6.62. The van der Waals surface area contributed by atoms with Crippen LogP contribution in [0.15, 0.2) is 6.07 Å². The second kappa shape index (κ2) is 5.10. The highest BCUT2D eigenvalue weighted by Gasteiger charge is 2.35. The fraction of sp³-hybridized carbons (Fsp3) is 0.636. The van der Waals surface area contributed by atoms with Gasteiger partial charge in [-0.15, -0.1) is 0 Å². The van der Waals surface area contributed by atoms with E-state index >= 15 is 0 Å². The molecule has 0 bridgehead atoms. The van der Waals surface area contributed by atoms with Crippen LogP contribution < -0.4 is 16.6 Å². The van der Waals surface area contributed by atoms with Gasteiger partial charge in [0, 0.05) is 23.1 Å². The van der Waals surface area contributed by atoms with Crippen LogP contribution in [0.3, 0.4) is 0 Å². The molecule has 5 nitrogen and oxygen atoms in total. The SMILES string of the molecule is CSC1(CNc2cc(C)nc(NN)n2)CCC1. The lowest BCUT2D eigenvalue weighted by Crippen LogP contribution is -2.40. The van der Waals surface area contributed by atoms with Gasteiger partial charge in [0.2, 0.25) is 5.95 Å². The predicted octanol–water partition coefficient (Wildman–Crippen LogP) is 1.77. The zero-order valence-corrected chi connectivity index (χ0v) is 11.1. The number of hydrogen-bond acceptors (Lipinski definition) is 6. The van der Waals surface area contributed by atoms with Crippen LogP contribution >= 0.6 is 11.8 Å². The zero-order valence-electron chi connectivity index (χ0n) is 10.3. The summed E-state index contributed by atoms with van der Waals surface area (Å²) in [5.41, 5.74) is 3.38. The van der Waals surface area contributed by atoms with Crippen molar-refractivity contribution in [2.75, 3.05) is 23.5 Å². The third-order valence-electron chi connectivity index (χ3n) is 3.27. The molecule has 1 heterocycles. The minimum absolute atomic E-state index is 0.398. The molecule has 6 heteroatoms. The number of rotatable bonds is 5. The van der Waals surface area contributed by atoms with Gasteiger partial charge in [-0.25, -0.2) is 10.8 Å². The number of nitrogens with two attached hydrogens (primary N) is 1. The molecule has 0 aromatic carbocycles. The van der Waals surface area contributed by atoms with Crippen molar-refractivity contribution in [3.8, 4) is 0 Å². The molecule has 0 unspecified atom stereocenters. The van der Waals surface area contributed by atoms with Crippen LogP contribution in [-0.4, -0.2) is 27.5 Å². The van der Waals surface area contributed by atoms with Gasteiger partial charge in [0.15, 0.2) is 0 Å². The standard InChI is InChI=1S/C11H19N5S/c1-8-6-9(15-10(14-8)16-12)13-7-11(17-2)4-3-5-11/h6H,3-5,7,12H2,1-2H3,(H2,13,14,15,16). The third kappa shape index (κ3) is 2.81. The molecule has 1 aliphatic rings. The summed E-state index contributed by atoms with van der Waals surface area (Å²) in [4.78, 5) is 8.44. The van der Waals surface area contributed by atoms with E-state index in [-0.39, 0.29) is 0 Å². The quantitative estimate of drug-likeness (QED) is 0.548. The molecule has 0 aliphatic heterocycles. The molecule has 0 spiro atoms. The molecule has 0 saturated heterocycles. The summed E-state index contributed by atoms with van der Waals surface area (Å²) in [6.07, 6.45) is 6.08. The van der Waals surface area contributed by atoms with Crippen molar-refractivity contribution in [1.82, 2.24) is 9.97 Å². The molecule has 1 fully saturated rings. The molecule has 94 valence electrons. The summed E-state index contributed by atoms with van der Waals surface area (Å²) < 4.78 is 0.398. The van der Waals surface area contributed by atoms with Gasteiger partial charge in [0.1, 0.15) is 5.82 Å². The second-order valence-electron chi connectivity index (χ2n) is 4.46. The van der Waals surface area contributed by atoms with E-state index in [1.807, 2.05) is 24.8 Å². The highest BCUT2D eigenvalue weighted by atomic mass is 32.2. The van der Waals surface area contributed by atoms with Crippen LogP contribution in [-0.2, 0) is 0 Å². The lowest BCUT2D eigenvalue weighted by molar-refractivity contribution is 0.379. The first-order chi connectivity index (χ1) is 8.17. The molecule has 1 saturated carbocycles. The van der Waals surface area contributed by atoms with E-state index in [1.54, 1.807) is 0 Å². The van der Waals surface area contributed by atoms with E-state index in [9.17, 15) is 0 Å². The first kappa shape index (κ1) is 12.4. The van der Waals surface area contributed by atoms with E-state index in [1.165, 1.54) is 19.3 Å². The molecule has 0 atom stereocenters. The molecule has 0 radical (unpaired) electrons. The van der Waals surface area contributed by atoms with E-state index in [0.29, 0.717) is 10.7 Å². The van der Waals surface area contributed by atoms with Crippen molar-refractivity contribution in [2.24, 2.45) is 5.84 Å². The maximum absolute atomic E-state index is 5.33.